The summed E-state index contributed by atoms with van der Waals surface area (Å²) in [6.45, 7) is -0.686. The molecule has 0 atom stereocenters. The highest BCUT2D eigenvalue weighted by molar-refractivity contribution is 5.51. The minimum absolute atomic E-state index is 0.254. The highest BCUT2D eigenvalue weighted by Gasteiger charge is 2.33. The van der Waals surface area contributed by atoms with Crippen LogP contribution in [0.25, 0.3) is 0 Å². The Kier molecular flexibility index (Phi) is 2.66. The van der Waals surface area contributed by atoms with Crippen LogP contribution in [0, 0.1) is 5.82 Å². The second-order valence-electron chi connectivity index (χ2n) is 2.69. The topological polar surface area (TPSA) is 46.2 Å². The molecule has 78 valence electrons. The summed E-state index contributed by atoms with van der Waals surface area (Å²) >= 11 is 0. The van der Waals surface area contributed by atoms with Crippen molar-refractivity contribution in [3.05, 3.63) is 29.1 Å². The number of nitrogens with two attached hydrogens (primary N) is 1. The molecule has 6 heteroatoms. The lowest BCUT2D eigenvalue weighted by molar-refractivity contribution is -0.137. The third-order valence-electron chi connectivity index (χ3n) is 1.69. The van der Waals surface area contributed by atoms with Crippen molar-refractivity contribution in [3.63, 3.8) is 0 Å². The average Bonchev–Trinajstić information content (AvgIpc) is 2.06. The lowest BCUT2D eigenvalue weighted by Gasteiger charge is -2.11. The zero-order valence-corrected chi connectivity index (χ0v) is 6.90. The summed E-state index contributed by atoms with van der Waals surface area (Å²) in [6, 6.07) is 1.05. The lowest BCUT2D eigenvalue weighted by atomic mass is 10.1. The summed E-state index contributed by atoms with van der Waals surface area (Å²) in [4.78, 5) is 0. The quantitative estimate of drug-likeness (QED) is 0.548. The van der Waals surface area contributed by atoms with Gasteiger partial charge in [0.2, 0.25) is 0 Å². The number of benzene rings is 1. The van der Waals surface area contributed by atoms with E-state index < -0.39 is 29.9 Å². The number of nitrogen functional groups attached to an aromatic ring is 1. The van der Waals surface area contributed by atoms with E-state index >= 15 is 0 Å². The average molecular weight is 209 g/mol. The van der Waals surface area contributed by atoms with Crippen molar-refractivity contribution < 1.29 is 22.7 Å². The Hall–Kier alpha value is -1.30. The maximum atomic E-state index is 12.8. The minimum atomic E-state index is -4.68. The molecule has 0 aliphatic carbocycles. The number of aliphatic hydroxyl groups excluding tert-OH is 1. The van der Waals surface area contributed by atoms with E-state index in [-0.39, 0.29) is 11.6 Å². The Bertz CT molecular complexity index is 348. The molecule has 0 amide bonds. The van der Waals surface area contributed by atoms with Gasteiger partial charge in [0, 0.05) is 11.3 Å². The van der Waals surface area contributed by atoms with Crippen LogP contribution in [0.15, 0.2) is 12.1 Å². The molecule has 0 aliphatic heterocycles. The summed E-state index contributed by atoms with van der Waals surface area (Å²) < 4.78 is 49.3. The number of halogens is 4. The summed E-state index contributed by atoms with van der Waals surface area (Å²) in [5, 5.41) is 8.56. The van der Waals surface area contributed by atoms with Crippen molar-refractivity contribution in [3.8, 4) is 0 Å². The van der Waals surface area contributed by atoms with Crippen molar-refractivity contribution in [1.82, 2.24) is 0 Å². The summed E-state index contributed by atoms with van der Waals surface area (Å²) in [5.41, 5.74) is 2.98. The Morgan fingerprint density at radius 1 is 1.29 bits per heavy atom. The molecule has 2 nitrogen and oxygen atoms in total. The van der Waals surface area contributed by atoms with E-state index in [1.54, 1.807) is 0 Å². The maximum absolute atomic E-state index is 12.8. The molecule has 0 radical (unpaired) electrons. The highest BCUT2D eigenvalue weighted by Crippen LogP contribution is 2.34. The van der Waals surface area contributed by atoms with Crippen molar-refractivity contribution in [2.75, 3.05) is 5.73 Å². The van der Waals surface area contributed by atoms with Gasteiger partial charge < -0.3 is 10.8 Å². The Labute approximate surface area is 77.0 Å². The predicted molar refractivity (Wildman–Crippen MR) is 41.7 cm³/mol. The van der Waals surface area contributed by atoms with Gasteiger partial charge in [-0.2, -0.15) is 13.2 Å². The van der Waals surface area contributed by atoms with Gasteiger partial charge in [-0.15, -0.1) is 0 Å². The zero-order valence-electron chi connectivity index (χ0n) is 6.90. The molecule has 1 aromatic carbocycles. The molecule has 1 rings (SSSR count). The third kappa shape index (κ3) is 1.95. The molecule has 0 saturated carbocycles. The molecule has 0 fully saturated rings. The number of alkyl halides is 3. The van der Waals surface area contributed by atoms with Crippen molar-refractivity contribution in [1.29, 1.82) is 0 Å². The van der Waals surface area contributed by atoms with Gasteiger partial charge >= 0.3 is 6.18 Å². The largest absolute Gasteiger partial charge is 0.418 e. The van der Waals surface area contributed by atoms with E-state index in [0.717, 1.165) is 6.07 Å². The molecule has 0 spiro atoms. The van der Waals surface area contributed by atoms with Crippen molar-refractivity contribution >= 4 is 5.69 Å². The molecule has 0 aromatic heterocycles. The van der Waals surface area contributed by atoms with Crippen LogP contribution in [0.3, 0.4) is 0 Å². The van der Waals surface area contributed by atoms with Gasteiger partial charge in [0.15, 0.2) is 0 Å². The maximum Gasteiger partial charge on any atom is 0.418 e. The summed E-state index contributed by atoms with van der Waals surface area (Å²) in [7, 11) is 0. The third-order valence-corrected chi connectivity index (χ3v) is 1.69. The van der Waals surface area contributed by atoms with Crippen LogP contribution in [0.1, 0.15) is 11.1 Å². The SMILES string of the molecule is Nc1cc(CO)c(F)cc1C(F)(F)F. The number of hydrogen-bond donors (Lipinski definition) is 2. The van der Waals surface area contributed by atoms with Crippen LogP contribution in [0.4, 0.5) is 23.2 Å². The van der Waals surface area contributed by atoms with Crippen LogP contribution in [0.5, 0.6) is 0 Å². The van der Waals surface area contributed by atoms with Crippen LogP contribution in [0.2, 0.25) is 0 Å². The number of aliphatic hydroxyl groups is 1. The lowest BCUT2D eigenvalue weighted by Crippen LogP contribution is -2.10. The molecule has 0 heterocycles. The van der Waals surface area contributed by atoms with E-state index in [1.165, 1.54) is 0 Å². The van der Waals surface area contributed by atoms with Crippen molar-refractivity contribution in [2.24, 2.45) is 0 Å². The van der Waals surface area contributed by atoms with Crippen LogP contribution < -0.4 is 5.73 Å². The van der Waals surface area contributed by atoms with E-state index in [0.29, 0.717) is 0 Å². The molecule has 0 bridgehead atoms. The molecule has 3 N–H and O–H groups in total. The van der Waals surface area contributed by atoms with Gasteiger partial charge in [-0.05, 0) is 12.1 Å². The van der Waals surface area contributed by atoms with Gasteiger partial charge in [-0.1, -0.05) is 0 Å². The smallest absolute Gasteiger partial charge is 0.398 e. The fourth-order valence-corrected chi connectivity index (χ4v) is 1.00. The van der Waals surface area contributed by atoms with Crippen LogP contribution in [-0.4, -0.2) is 5.11 Å². The van der Waals surface area contributed by atoms with E-state index in [2.05, 4.69) is 0 Å². The van der Waals surface area contributed by atoms with Crippen LogP contribution in [-0.2, 0) is 12.8 Å². The highest BCUT2D eigenvalue weighted by atomic mass is 19.4. The van der Waals surface area contributed by atoms with Crippen LogP contribution >= 0.6 is 0 Å². The number of rotatable bonds is 1. The van der Waals surface area contributed by atoms with Gasteiger partial charge in [0.1, 0.15) is 5.82 Å². The molecular weight excluding hydrogens is 202 g/mol. The standard InChI is InChI=1S/C8H7F4NO/c9-6-2-5(8(10,11)12)7(13)1-4(6)3-14/h1-2,14H,3,13H2. The molecule has 0 saturated heterocycles. The molecule has 1 aromatic rings. The molecular formula is C8H7F4NO. The normalized spacial score (nSPS) is 11.8. The molecule has 14 heavy (non-hydrogen) atoms. The Morgan fingerprint density at radius 3 is 2.29 bits per heavy atom. The molecule has 0 unspecified atom stereocenters. The fourth-order valence-electron chi connectivity index (χ4n) is 1.00. The van der Waals surface area contributed by atoms with Gasteiger partial charge in [0.05, 0.1) is 12.2 Å². The first-order valence-electron chi connectivity index (χ1n) is 3.62. The first-order valence-corrected chi connectivity index (χ1v) is 3.62. The van der Waals surface area contributed by atoms with Gasteiger partial charge in [-0.3, -0.25) is 0 Å². The second-order valence-corrected chi connectivity index (χ2v) is 2.69. The van der Waals surface area contributed by atoms with Crippen molar-refractivity contribution in [2.45, 2.75) is 12.8 Å². The van der Waals surface area contributed by atoms with E-state index in [1.807, 2.05) is 0 Å². The first-order chi connectivity index (χ1) is 6.36. The number of anilines is 1. The first kappa shape index (κ1) is 10.8. The van der Waals surface area contributed by atoms with Gasteiger partial charge in [0.25, 0.3) is 0 Å². The zero-order chi connectivity index (χ0) is 10.9. The monoisotopic (exact) mass is 209 g/mol. The Balaban J connectivity index is 3.29. The molecule has 0 aliphatic rings. The summed E-state index contributed by atoms with van der Waals surface area (Å²) in [5.74, 6) is -1.12. The number of hydrogen-bond acceptors (Lipinski definition) is 2. The van der Waals surface area contributed by atoms with E-state index in [4.69, 9.17) is 10.8 Å². The fraction of sp³-hybridized carbons (Fsp3) is 0.250. The summed E-state index contributed by atoms with van der Waals surface area (Å²) in [6.07, 6.45) is -4.68. The van der Waals surface area contributed by atoms with Gasteiger partial charge in [-0.25, -0.2) is 4.39 Å². The second kappa shape index (κ2) is 3.45. The predicted octanol–water partition coefficient (Wildman–Crippen LogP) is 1.92. The Morgan fingerprint density at radius 2 is 1.86 bits per heavy atom. The van der Waals surface area contributed by atoms with E-state index in [9.17, 15) is 17.6 Å². The minimum Gasteiger partial charge on any atom is -0.398 e.